The second kappa shape index (κ2) is 8.53. The molecule has 0 unspecified atom stereocenters. The fourth-order valence-electron chi connectivity index (χ4n) is 3.15. The molecule has 0 atom stereocenters. The van der Waals surface area contributed by atoms with E-state index in [9.17, 15) is 22.8 Å². The monoisotopic (exact) mass is 430 g/mol. The minimum atomic E-state index is -5.03. The number of nitrogens with one attached hydrogen (secondary N) is 2. The van der Waals surface area contributed by atoms with Crippen LogP contribution >= 0.6 is 22.9 Å². The molecule has 28 heavy (non-hydrogen) atoms. The fraction of sp³-hybridized carbons (Fsp3) is 0.368. The second-order valence-corrected chi connectivity index (χ2v) is 8.08. The number of carbonyl (C=O) groups is 2. The Morgan fingerprint density at radius 3 is 2.25 bits per heavy atom. The highest BCUT2D eigenvalue weighted by atomic mass is 35.5. The van der Waals surface area contributed by atoms with Crippen LogP contribution in [0.5, 0.6) is 0 Å². The van der Waals surface area contributed by atoms with Crippen LogP contribution in [0, 0.1) is 0 Å². The number of hydrogen-bond acceptors (Lipinski definition) is 3. The molecule has 2 amide bonds. The van der Waals surface area contributed by atoms with Gasteiger partial charge in [-0.1, -0.05) is 24.4 Å². The third-order valence-corrected chi connectivity index (χ3v) is 5.94. The maximum Gasteiger partial charge on any atom is 0.471 e. The summed E-state index contributed by atoms with van der Waals surface area (Å²) < 4.78 is 38.2. The van der Waals surface area contributed by atoms with Crippen LogP contribution in [0.25, 0.3) is 0 Å². The molecular weight excluding hydrogens is 413 g/mol. The molecule has 0 fully saturated rings. The van der Waals surface area contributed by atoms with Crippen molar-refractivity contribution in [3.8, 4) is 0 Å². The summed E-state index contributed by atoms with van der Waals surface area (Å²) in [7, 11) is 0. The first-order valence-corrected chi connectivity index (χ1v) is 10.0. The van der Waals surface area contributed by atoms with Crippen LogP contribution in [0.4, 0.5) is 23.9 Å². The summed E-state index contributed by atoms with van der Waals surface area (Å²) >= 11 is 6.89. The maximum absolute atomic E-state index is 12.9. The number of carbonyl (C=O) groups excluding carboxylic acids is 2. The van der Waals surface area contributed by atoms with Crippen LogP contribution in [0.3, 0.4) is 0 Å². The van der Waals surface area contributed by atoms with E-state index in [1.165, 1.54) is 0 Å². The van der Waals surface area contributed by atoms with E-state index in [1.807, 2.05) is 5.32 Å². The molecule has 9 heteroatoms. The molecule has 0 aliphatic heterocycles. The van der Waals surface area contributed by atoms with Crippen molar-refractivity contribution < 1.29 is 22.8 Å². The first-order chi connectivity index (χ1) is 13.3. The molecule has 1 aliphatic rings. The minimum Gasteiger partial charge on any atom is -0.322 e. The number of amides is 2. The van der Waals surface area contributed by atoms with Gasteiger partial charge in [0.05, 0.1) is 5.56 Å². The number of halogens is 4. The van der Waals surface area contributed by atoms with E-state index in [0.29, 0.717) is 23.6 Å². The highest BCUT2D eigenvalue weighted by Gasteiger charge is 2.40. The highest BCUT2D eigenvalue weighted by Crippen LogP contribution is 2.38. The van der Waals surface area contributed by atoms with Gasteiger partial charge in [0.2, 0.25) is 0 Å². The molecule has 0 saturated heterocycles. The van der Waals surface area contributed by atoms with Gasteiger partial charge in [-0.3, -0.25) is 9.59 Å². The van der Waals surface area contributed by atoms with Gasteiger partial charge in [0.25, 0.3) is 5.91 Å². The summed E-state index contributed by atoms with van der Waals surface area (Å²) in [6, 6.07) is 6.40. The molecule has 3 rings (SSSR count). The van der Waals surface area contributed by atoms with Gasteiger partial charge >= 0.3 is 12.1 Å². The van der Waals surface area contributed by atoms with Crippen LogP contribution < -0.4 is 10.6 Å². The number of hydrogen-bond donors (Lipinski definition) is 2. The zero-order chi connectivity index (χ0) is 20.3. The maximum atomic E-state index is 12.9. The topological polar surface area (TPSA) is 58.2 Å². The fourth-order valence-corrected chi connectivity index (χ4v) is 4.56. The molecule has 1 aromatic carbocycles. The average molecular weight is 431 g/mol. The van der Waals surface area contributed by atoms with E-state index in [2.05, 4.69) is 5.32 Å². The Kier molecular flexibility index (Phi) is 6.30. The Bertz CT molecular complexity index is 879. The van der Waals surface area contributed by atoms with Crippen molar-refractivity contribution >= 4 is 45.4 Å². The average Bonchev–Trinajstić information content (AvgIpc) is 2.92. The predicted octanol–water partition coefficient (Wildman–Crippen LogP) is 5.81. The van der Waals surface area contributed by atoms with Crippen molar-refractivity contribution in [3.05, 3.63) is 45.3 Å². The van der Waals surface area contributed by atoms with E-state index in [4.69, 9.17) is 11.6 Å². The number of benzene rings is 1. The third kappa shape index (κ3) is 4.86. The van der Waals surface area contributed by atoms with Gasteiger partial charge < -0.3 is 10.6 Å². The van der Waals surface area contributed by atoms with E-state index in [1.54, 1.807) is 24.3 Å². The van der Waals surface area contributed by atoms with Gasteiger partial charge in [-0.25, -0.2) is 0 Å². The Morgan fingerprint density at radius 1 is 0.964 bits per heavy atom. The molecule has 1 heterocycles. The summed E-state index contributed by atoms with van der Waals surface area (Å²) in [5, 5.41) is 5.03. The first-order valence-electron chi connectivity index (χ1n) is 8.85. The van der Waals surface area contributed by atoms with E-state index in [0.717, 1.165) is 47.5 Å². The van der Waals surface area contributed by atoms with Gasteiger partial charge in [-0.05, 0) is 55.5 Å². The van der Waals surface area contributed by atoms with Crippen LogP contribution in [0.2, 0.25) is 5.02 Å². The van der Waals surface area contributed by atoms with Crippen molar-refractivity contribution in [1.82, 2.24) is 0 Å². The second-order valence-electron chi connectivity index (χ2n) is 6.54. The zero-order valence-electron chi connectivity index (χ0n) is 14.8. The lowest BCUT2D eigenvalue weighted by Gasteiger charge is -2.13. The molecule has 4 nitrogen and oxygen atoms in total. The minimum absolute atomic E-state index is 0.0549. The van der Waals surface area contributed by atoms with Gasteiger partial charge in [0.1, 0.15) is 5.00 Å². The lowest BCUT2D eigenvalue weighted by molar-refractivity contribution is -0.167. The van der Waals surface area contributed by atoms with Gasteiger partial charge in [-0.2, -0.15) is 13.2 Å². The molecule has 2 N–H and O–H groups in total. The SMILES string of the molecule is O=C(Nc1ccc(Cl)cc1)c1c(NC(=O)C(F)(F)F)sc2c1CCCCCC2. The first kappa shape index (κ1) is 20.7. The molecule has 0 saturated carbocycles. The van der Waals surface area contributed by atoms with Gasteiger partial charge in [0, 0.05) is 15.6 Å². The number of alkyl halides is 3. The van der Waals surface area contributed by atoms with Gasteiger partial charge in [0.15, 0.2) is 0 Å². The molecule has 150 valence electrons. The lowest BCUT2D eigenvalue weighted by Crippen LogP contribution is -2.30. The largest absolute Gasteiger partial charge is 0.471 e. The quantitative estimate of drug-likeness (QED) is 0.645. The number of aryl methyl sites for hydroxylation is 1. The van der Waals surface area contributed by atoms with Gasteiger partial charge in [-0.15, -0.1) is 11.3 Å². The molecule has 0 spiro atoms. The molecule has 1 aliphatic carbocycles. The third-order valence-electron chi connectivity index (χ3n) is 4.48. The Morgan fingerprint density at radius 2 is 1.61 bits per heavy atom. The summed E-state index contributed by atoms with van der Waals surface area (Å²) in [5.74, 6) is -2.62. The molecule has 0 radical (unpaired) electrons. The Labute approximate surface area is 169 Å². The predicted molar refractivity (Wildman–Crippen MR) is 104 cm³/mol. The number of anilines is 2. The van der Waals surface area contributed by atoms with Crippen LogP contribution in [-0.4, -0.2) is 18.0 Å². The van der Waals surface area contributed by atoms with Crippen LogP contribution in [0.15, 0.2) is 24.3 Å². The zero-order valence-corrected chi connectivity index (χ0v) is 16.4. The summed E-state index contributed by atoms with van der Waals surface area (Å²) in [6.45, 7) is 0. The summed E-state index contributed by atoms with van der Waals surface area (Å²) in [6.07, 6.45) is 0.0318. The number of fused-ring (bicyclic) bond motifs is 1. The van der Waals surface area contributed by atoms with Crippen LogP contribution in [0.1, 0.15) is 46.5 Å². The number of thiophene rings is 1. The summed E-state index contributed by atoms with van der Waals surface area (Å²) in [4.78, 5) is 25.2. The Balaban J connectivity index is 1.96. The van der Waals surface area contributed by atoms with E-state index in [-0.39, 0.29) is 10.6 Å². The normalized spacial score (nSPS) is 14.6. The standard InChI is InChI=1S/C19H18ClF3N2O2S/c20-11-7-9-12(10-8-11)24-16(26)15-13-5-3-1-2-4-6-14(13)28-17(15)25-18(27)19(21,22)23/h7-10H,1-6H2,(H,24,26)(H,25,27). The molecule has 2 aromatic rings. The van der Waals surface area contributed by atoms with Crippen molar-refractivity contribution in [2.24, 2.45) is 0 Å². The van der Waals surface area contributed by atoms with Crippen molar-refractivity contribution in [2.75, 3.05) is 10.6 Å². The molecule has 0 bridgehead atoms. The van der Waals surface area contributed by atoms with E-state index >= 15 is 0 Å². The van der Waals surface area contributed by atoms with Crippen LogP contribution in [-0.2, 0) is 17.6 Å². The smallest absolute Gasteiger partial charge is 0.322 e. The summed E-state index contributed by atoms with van der Waals surface area (Å²) in [5.41, 5.74) is 1.32. The van der Waals surface area contributed by atoms with Crippen molar-refractivity contribution in [3.63, 3.8) is 0 Å². The van der Waals surface area contributed by atoms with Crippen molar-refractivity contribution in [1.29, 1.82) is 0 Å². The van der Waals surface area contributed by atoms with E-state index < -0.39 is 18.0 Å². The lowest BCUT2D eigenvalue weighted by atomic mass is 9.96. The molecule has 1 aromatic heterocycles. The van der Waals surface area contributed by atoms with Crippen molar-refractivity contribution in [2.45, 2.75) is 44.7 Å². The Hall–Kier alpha value is -2.06. The molecular formula is C19H18ClF3N2O2S. The highest BCUT2D eigenvalue weighted by molar-refractivity contribution is 7.17. The number of rotatable bonds is 3.